The molecule has 13 heteroatoms. The maximum Gasteiger partial charge on any atom is 0.509 e. The van der Waals surface area contributed by atoms with Crippen molar-refractivity contribution in [3.8, 4) is 17.1 Å². The summed E-state index contributed by atoms with van der Waals surface area (Å²) in [6, 6.07) is 6.68. The monoisotopic (exact) mass is 642 g/mol. The number of fused-ring (bicyclic) bond motifs is 5. The summed E-state index contributed by atoms with van der Waals surface area (Å²) in [6.07, 6.45) is -0.394. The quantitative estimate of drug-likeness (QED) is 0.105. The van der Waals surface area contributed by atoms with Gasteiger partial charge in [-0.25, -0.2) is 14.6 Å². The molecule has 0 fully saturated rings. The molecular formula is C31H34N2O9S2. The molecule has 1 N–H and O–H groups in total. The van der Waals surface area contributed by atoms with Crippen molar-refractivity contribution in [2.45, 2.75) is 71.0 Å². The maximum absolute atomic E-state index is 13.9. The van der Waals surface area contributed by atoms with Crippen LogP contribution in [-0.4, -0.2) is 56.5 Å². The fourth-order valence-corrected chi connectivity index (χ4v) is 7.78. The fraction of sp³-hybridized carbons (Fsp3) is 0.452. The minimum atomic E-state index is -1.88. The summed E-state index contributed by atoms with van der Waals surface area (Å²) in [6.45, 7) is 9.08. The number of phenols is 1. The van der Waals surface area contributed by atoms with E-state index in [0.29, 0.717) is 29.1 Å². The van der Waals surface area contributed by atoms with Crippen molar-refractivity contribution >= 4 is 50.6 Å². The van der Waals surface area contributed by atoms with E-state index in [-0.39, 0.29) is 61.2 Å². The molecule has 0 radical (unpaired) electrons. The van der Waals surface area contributed by atoms with Gasteiger partial charge in [0, 0.05) is 29.2 Å². The van der Waals surface area contributed by atoms with E-state index in [1.807, 2.05) is 20.8 Å². The van der Waals surface area contributed by atoms with E-state index in [1.165, 1.54) is 28.5 Å². The number of pyridine rings is 2. The number of rotatable bonds is 10. The second-order valence-electron chi connectivity index (χ2n) is 11.2. The van der Waals surface area contributed by atoms with E-state index in [1.54, 1.807) is 35.8 Å². The number of ether oxygens (including phenoxy) is 4. The van der Waals surface area contributed by atoms with Crippen LogP contribution in [0.5, 0.6) is 5.75 Å². The number of nitrogens with zero attached hydrogens (tertiary/aromatic N) is 2. The highest BCUT2D eigenvalue weighted by molar-refractivity contribution is 8.77. The molecule has 0 saturated carbocycles. The van der Waals surface area contributed by atoms with Crippen molar-refractivity contribution < 1.29 is 38.4 Å². The van der Waals surface area contributed by atoms with E-state index >= 15 is 0 Å². The average Bonchev–Trinajstić information content (AvgIpc) is 3.34. The van der Waals surface area contributed by atoms with Gasteiger partial charge >= 0.3 is 18.1 Å². The second-order valence-corrected chi connectivity index (χ2v) is 14.3. The number of benzene rings is 1. The third-order valence-corrected chi connectivity index (χ3v) is 10.9. The zero-order chi connectivity index (χ0) is 31.8. The van der Waals surface area contributed by atoms with Gasteiger partial charge in [0.25, 0.3) is 5.56 Å². The van der Waals surface area contributed by atoms with Crippen molar-refractivity contribution in [3.63, 3.8) is 0 Å². The minimum Gasteiger partial charge on any atom is -0.508 e. The number of hydrogen-bond acceptors (Lipinski definition) is 12. The van der Waals surface area contributed by atoms with Gasteiger partial charge in [0.15, 0.2) is 0 Å². The smallest absolute Gasteiger partial charge is 0.508 e. The molecule has 0 spiro atoms. The SMILES string of the molecule is CCc1c2c(nc3ccc(O)cc13)-c1cc3c(c(=O)n1C2)COC(=O)[C@@]3(CC)OC(=O)OCC(C)(C)SSCCOC(C)=O. The number of aromatic hydroxyl groups is 1. The number of cyclic esters (lactones) is 1. The summed E-state index contributed by atoms with van der Waals surface area (Å²) in [5.74, 6) is -0.431. The maximum atomic E-state index is 13.9. The van der Waals surface area contributed by atoms with Gasteiger partial charge in [-0.3, -0.25) is 9.59 Å². The third-order valence-electron chi connectivity index (χ3n) is 7.66. The van der Waals surface area contributed by atoms with Crippen LogP contribution in [0.25, 0.3) is 22.3 Å². The molecule has 1 aromatic carbocycles. The molecule has 3 aromatic rings. The first-order valence-corrected chi connectivity index (χ1v) is 16.6. The number of esters is 2. The summed E-state index contributed by atoms with van der Waals surface area (Å²) >= 11 is 0. The Labute approximate surface area is 262 Å². The Hall–Kier alpha value is -3.71. The largest absolute Gasteiger partial charge is 0.509 e. The van der Waals surface area contributed by atoms with Crippen LogP contribution in [-0.2, 0) is 53.7 Å². The Morgan fingerprint density at radius 2 is 1.93 bits per heavy atom. The number of aryl methyl sites for hydroxylation is 1. The Balaban J connectivity index is 1.44. The van der Waals surface area contributed by atoms with E-state index in [0.717, 1.165) is 16.5 Å². The van der Waals surface area contributed by atoms with Crippen LogP contribution in [0.2, 0.25) is 0 Å². The molecule has 234 valence electrons. The van der Waals surface area contributed by atoms with Gasteiger partial charge in [0.1, 0.15) is 25.6 Å². The van der Waals surface area contributed by atoms with Crippen molar-refractivity contribution in [2.75, 3.05) is 19.0 Å². The first-order valence-electron chi connectivity index (χ1n) is 14.3. The van der Waals surface area contributed by atoms with Crippen LogP contribution in [0.4, 0.5) is 4.79 Å². The molecule has 0 unspecified atom stereocenters. The lowest BCUT2D eigenvalue weighted by molar-refractivity contribution is -0.175. The Morgan fingerprint density at radius 3 is 2.64 bits per heavy atom. The molecule has 0 amide bonds. The molecule has 2 aliphatic rings. The lowest BCUT2D eigenvalue weighted by Gasteiger charge is -2.35. The van der Waals surface area contributed by atoms with E-state index in [4.69, 9.17) is 23.9 Å². The zero-order valence-electron chi connectivity index (χ0n) is 25.2. The van der Waals surface area contributed by atoms with Crippen LogP contribution < -0.4 is 5.56 Å². The Kier molecular flexibility index (Phi) is 8.90. The summed E-state index contributed by atoms with van der Waals surface area (Å²) in [5.41, 5.74) is 1.89. The molecule has 4 heterocycles. The lowest BCUT2D eigenvalue weighted by Crippen LogP contribution is -2.47. The number of phenolic OH excluding ortho intramolecular Hbond substituents is 1. The molecule has 2 aliphatic heterocycles. The average molecular weight is 643 g/mol. The van der Waals surface area contributed by atoms with Crippen molar-refractivity contribution in [2.24, 2.45) is 0 Å². The van der Waals surface area contributed by atoms with Crippen molar-refractivity contribution in [3.05, 3.63) is 56.9 Å². The molecule has 5 rings (SSSR count). The molecule has 44 heavy (non-hydrogen) atoms. The highest BCUT2D eigenvalue weighted by Crippen LogP contribution is 2.43. The summed E-state index contributed by atoms with van der Waals surface area (Å²) < 4.78 is 22.6. The standard InChI is InChI=1S/C31H34N2O9S2/c1-6-19-20-12-18(35)8-9-24(20)32-26-21(19)14-33-25(26)13-23-22(27(33)36)15-40-28(37)31(23,7-2)42-29(38)41-16-30(4,5)44-43-11-10-39-17(3)34/h8-9,12-13,35H,6-7,10-11,14-16H2,1-5H3/t31-/m0/s1. The number of hydrogen-bond donors (Lipinski definition) is 1. The lowest BCUT2D eigenvalue weighted by atomic mass is 9.85. The predicted octanol–water partition coefficient (Wildman–Crippen LogP) is 5.23. The van der Waals surface area contributed by atoms with Crippen LogP contribution in [0.15, 0.2) is 29.1 Å². The van der Waals surface area contributed by atoms with Crippen LogP contribution >= 0.6 is 21.6 Å². The second kappa shape index (κ2) is 12.4. The topological polar surface area (TPSA) is 143 Å². The van der Waals surface area contributed by atoms with Crippen LogP contribution in [0.1, 0.15) is 63.3 Å². The minimum absolute atomic E-state index is 0.0124. The van der Waals surface area contributed by atoms with Gasteiger partial charge in [-0.1, -0.05) is 35.4 Å². The number of aromatic nitrogens is 2. The summed E-state index contributed by atoms with van der Waals surface area (Å²) in [5, 5.41) is 10.9. The van der Waals surface area contributed by atoms with Gasteiger partial charge in [-0.2, -0.15) is 0 Å². The molecular weight excluding hydrogens is 608 g/mol. The Bertz CT molecular complexity index is 1720. The predicted molar refractivity (Wildman–Crippen MR) is 167 cm³/mol. The van der Waals surface area contributed by atoms with Crippen LogP contribution in [0.3, 0.4) is 0 Å². The highest BCUT2D eigenvalue weighted by atomic mass is 33.1. The van der Waals surface area contributed by atoms with Gasteiger partial charge < -0.3 is 28.6 Å². The van der Waals surface area contributed by atoms with Crippen LogP contribution in [0, 0.1) is 0 Å². The number of carbonyl (C=O) groups excluding carboxylic acids is 3. The van der Waals surface area contributed by atoms with E-state index in [2.05, 4.69) is 0 Å². The third kappa shape index (κ3) is 5.86. The van der Waals surface area contributed by atoms with Crippen molar-refractivity contribution in [1.29, 1.82) is 0 Å². The molecule has 1 atom stereocenters. The van der Waals surface area contributed by atoms with E-state index in [9.17, 15) is 24.3 Å². The molecule has 0 saturated heterocycles. The van der Waals surface area contributed by atoms with Crippen molar-refractivity contribution in [1.82, 2.24) is 9.55 Å². The van der Waals surface area contributed by atoms with Gasteiger partial charge in [0.05, 0.1) is 33.8 Å². The summed E-state index contributed by atoms with van der Waals surface area (Å²) in [7, 11) is 2.94. The van der Waals surface area contributed by atoms with E-state index < -0.39 is 22.5 Å². The molecule has 2 aromatic heterocycles. The van der Waals surface area contributed by atoms with Gasteiger partial charge in [0.2, 0.25) is 5.60 Å². The molecule has 0 aliphatic carbocycles. The normalized spacial score (nSPS) is 17.0. The fourth-order valence-electron chi connectivity index (χ4n) is 5.56. The highest BCUT2D eigenvalue weighted by Gasteiger charge is 2.51. The first-order chi connectivity index (χ1) is 20.9. The van der Waals surface area contributed by atoms with Gasteiger partial charge in [-0.15, -0.1) is 0 Å². The first kappa shape index (κ1) is 31.7. The zero-order valence-corrected chi connectivity index (χ0v) is 26.8. The molecule has 0 bridgehead atoms. The molecule has 11 nitrogen and oxygen atoms in total. The summed E-state index contributed by atoms with van der Waals surface area (Å²) in [4.78, 5) is 56.0. The number of carbonyl (C=O) groups is 3. The van der Waals surface area contributed by atoms with Gasteiger partial charge in [-0.05, 0) is 56.5 Å². The Morgan fingerprint density at radius 1 is 1.16 bits per heavy atom.